The minimum atomic E-state index is -0.199. The summed E-state index contributed by atoms with van der Waals surface area (Å²) in [5.74, 6) is -0.199. The van der Waals surface area contributed by atoms with Crippen LogP contribution in [0.3, 0.4) is 0 Å². The average molecular weight is 253 g/mol. The first-order valence-electron chi connectivity index (χ1n) is 4.04. The molecular formula is C10H9BrN2O. The van der Waals surface area contributed by atoms with E-state index in [1.54, 1.807) is 7.05 Å². The SMILES string of the molecule is CN(C(=O)CC#N)c1ccc(Br)cc1. The number of nitrogens with zero attached hydrogens (tertiary/aromatic N) is 2. The number of hydrogen-bond donors (Lipinski definition) is 0. The largest absolute Gasteiger partial charge is 0.315 e. The molecule has 1 aromatic carbocycles. The van der Waals surface area contributed by atoms with Crippen molar-refractivity contribution in [3.05, 3.63) is 28.7 Å². The smallest absolute Gasteiger partial charge is 0.240 e. The van der Waals surface area contributed by atoms with Gasteiger partial charge in [0.2, 0.25) is 5.91 Å². The van der Waals surface area contributed by atoms with Crippen LogP contribution in [0.25, 0.3) is 0 Å². The van der Waals surface area contributed by atoms with E-state index in [1.165, 1.54) is 4.90 Å². The summed E-state index contributed by atoms with van der Waals surface area (Å²) in [4.78, 5) is 12.8. The number of carbonyl (C=O) groups excluding carboxylic acids is 1. The number of benzene rings is 1. The predicted octanol–water partition coefficient (Wildman–Crippen LogP) is 2.33. The van der Waals surface area contributed by atoms with Gasteiger partial charge in [0.1, 0.15) is 6.42 Å². The topological polar surface area (TPSA) is 44.1 Å². The molecule has 0 saturated heterocycles. The second-order valence-corrected chi connectivity index (χ2v) is 3.68. The lowest BCUT2D eigenvalue weighted by Crippen LogP contribution is -2.25. The number of nitriles is 1. The Labute approximate surface area is 91.1 Å². The average Bonchev–Trinajstić information content (AvgIpc) is 2.18. The Hall–Kier alpha value is -1.34. The predicted molar refractivity (Wildman–Crippen MR) is 57.8 cm³/mol. The highest BCUT2D eigenvalue weighted by atomic mass is 79.9. The van der Waals surface area contributed by atoms with Gasteiger partial charge >= 0.3 is 0 Å². The molecular weight excluding hydrogens is 244 g/mol. The number of carbonyl (C=O) groups is 1. The van der Waals surface area contributed by atoms with Crippen molar-refractivity contribution in [2.24, 2.45) is 0 Å². The van der Waals surface area contributed by atoms with Crippen molar-refractivity contribution in [1.29, 1.82) is 5.26 Å². The van der Waals surface area contributed by atoms with E-state index in [-0.39, 0.29) is 12.3 Å². The van der Waals surface area contributed by atoms with Gasteiger partial charge in [-0.1, -0.05) is 15.9 Å². The number of rotatable bonds is 2. The highest BCUT2D eigenvalue weighted by Crippen LogP contribution is 2.17. The molecule has 0 radical (unpaired) electrons. The number of hydrogen-bond acceptors (Lipinski definition) is 2. The zero-order chi connectivity index (χ0) is 10.6. The second kappa shape index (κ2) is 4.77. The summed E-state index contributed by atoms with van der Waals surface area (Å²) in [6.45, 7) is 0. The molecule has 1 amide bonds. The van der Waals surface area contributed by atoms with Gasteiger partial charge in [0.15, 0.2) is 0 Å². The van der Waals surface area contributed by atoms with Gasteiger partial charge in [-0.15, -0.1) is 0 Å². The maximum atomic E-state index is 11.3. The quantitative estimate of drug-likeness (QED) is 0.811. The highest BCUT2D eigenvalue weighted by Gasteiger charge is 2.09. The van der Waals surface area contributed by atoms with Crippen molar-refractivity contribution in [1.82, 2.24) is 0 Å². The van der Waals surface area contributed by atoms with E-state index in [2.05, 4.69) is 15.9 Å². The van der Waals surface area contributed by atoms with Crippen molar-refractivity contribution in [3.8, 4) is 6.07 Å². The Balaban J connectivity index is 2.80. The van der Waals surface area contributed by atoms with Crippen LogP contribution in [0.4, 0.5) is 5.69 Å². The summed E-state index contributed by atoms with van der Waals surface area (Å²) in [7, 11) is 1.66. The van der Waals surface area contributed by atoms with Crippen molar-refractivity contribution < 1.29 is 4.79 Å². The van der Waals surface area contributed by atoms with E-state index in [0.29, 0.717) is 0 Å². The van der Waals surface area contributed by atoms with Gasteiger partial charge in [0, 0.05) is 17.2 Å². The summed E-state index contributed by atoms with van der Waals surface area (Å²) >= 11 is 3.31. The number of anilines is 1. The molecule has 0 N–H and O–H groups in total. The van der Waals surface area contributed by atoms with Gasteiger partial charge in [-0.05, 0) is 24.3 Å². The van der Waals surface area contributed by atoms with Gasteiger partial charge in [0.25, 0.3) is 0 Å². The third kappa shape index (κ3) is 2.57. The third-order valence-electron chi connectivity index (χ3n) is 1.82. The van der Waals surface area contributed by atoms with Crippen LogP contribution in [0.2, 0.25) is 0 Å². The molecule has 0 aliphatic carbocycles. The van der Waals surface area contributed by atoms with Crippen LogP contribution >= 0.6 is 15.9 Å². The Morgan fingerprint density at radius 3 is 2.57 bits per heavy atom. The molecule has 4 heteroatoms. The molecule has 0 heterocycles. The molecule has 0 fully saturated rings. The third-order valence-corrected chi connectivity index (χ3v) is 2.35. The first-order chi connectivity index (χ1) is 6.65. The molecule has 0 aromatic heterocycles. The molecule has 0 unspecified atom stereocenters. The van der Waals surface area contributed by atoms with Crippen molar-refractivity contribution in [2.75, 3.05) is 11.9 Å². The Morgan fingerprint density at radius 1 is 1.50 bits per heavy atom. The molecule has 1 rings (SSSR count). The lowest BCUT2D eigenvalue weighted by Gasteiger charge is -2.15. The first kappa shape index (κ1) is 10.7. The maximum absolute atomic E-state index is 11.3. The van der Waals surface area contributed by atoms with E-state index < -0.39 is 0 Å². The minimum absolute atomic E-state index is 0.0907. The fraction of sp³-hybridized carbons (Fsp3) is 0.200. The Kier molecular flexibility index (Phi) is 3.66. The maximum Gasteiger partial charge on any atom is 0.240 e. The van der Waals surface area contributed by atoms with E-state index in [0.717, 1.165) is 10.2 Å². The second-order valence-electron chi connectivity index (χ2n) is 2.76. The first-order valence-corrected chi connectivity index (χ1v) is 4.83. The van der Waals surface area contributed by atoms with Crippen molar-refractivity contribution >= 4 is 27.5 Å². The van der Waals surface area contributed by atoms with Gasteiger partial charge < -0.3 is 4.90 Å². The fourth-order valence-electron chi connectivity index (χ4n) is 0.995. The fourth-order valence-corrected chi connectivity index (χ4v) is 1.26. The summed E-state index contributed by atoms with van der Waals surface area (Å²) < 4.78 is 0.961. The monoisotopic (exact) mass is 252 g/mol. The summed E-state index contributed by atoms with van der Waals surface area (Å²) in [5.41, 5.74) is 0.786. The van der Waals surface area contributed by atoms with E-state index in [9.17, 15) is 4.79 Å². The standard InChI is InChI=1S/C10H9BrN2O/c1-13(10(14)6-7-12)9-4-2-8(11)3-5-9/h2-5H,6H2,1H3. The molecule has 0 aliphatic heterocycles. The van der Waals surface area contributed by atoms with Crippen LogP contribution in [0.1, 0.15) is 6.42 Å². The summed E-state index contributed by atoms with van der Waals surface area (Å²) in [6.07, 6.45) is -0.0907. The lowest BCUT2D eigenvalue weighted by atomic mass is 10.3. The van der Waals surface area contributed by atoms with Gasteiger partial charge in [-0.2, -0.15) is 5.26 Å². The molecule has 14 heavy (non-hydrogen) atoms. The minimum Gasteiger partial charge on any atom is -0.315 e. The number of amides is 1. The van der Waals surface area contributed by atoms with Crippen LogP contribution in [-0.4, -0.2) is 13.0 Å². The van der Waals surface area contributed by atoms with Crippen LogP contribution in [-0.2, 0) is 4.79 Å². The zero-order valence-electron chi connectivity index (χ0n) is 7.70. The van der Waals surface area contributed by atoms with Crippen molar-refractivity contribution in [3.63, 3.8) is 0 Å². The molecule has 0 spiro atoms. The Morgan fingerprint density at radius 2 is 2.07 bits per heavy atom. The molecule has 72 valence electrons. The summed E-state index contributed by atoms with van der Waals surface area (Å²) in [5, 5.41) is 8.37. The molecule has 0 atom stereocenters. The van der Waals surface area contributed by atoms with Gasteiger partial charge in [0.05, 0.1) is 6.07 Å². The molecule has 1 aromatic rings. The van der Waals surface area contributed by atoms with Gasteiger partial charge in [-0.25, -0.2) is 0 Å². The summed E-state index contributed by atoms with van der Waals surface area (Å²) in [6, 6.07) is 9.17. The number of halogens is 1. The molecule has 0 aliphatic rings. The molecule has 0 bridgehead atoms. The highest BCUT2D eigenvalue weighted by molar-refractivity contribution is 9.10. The normalized spacial score (nSPS) is 9.21. The van der Waals surface area contributed by atoms with Crippen molar-refractivity contribution in [2.45, 2.75) is 6.42 Å². The van der Waals surface area contributed by atoms with Crippen LogP contribution < -0.4 is 4.90 Å². The zero-order valence-corrected chi connectivity index (χ0v) is 9.28. The van der Waals surface area contributed by atoms with Crippen LogP contribution in [0.15, 0.2) is 28.7 Å². The van der Waals surface area contributed by atoms with Crippen LogP contribution in [0.5, 0.6) is 0 Å². The van der Waals surface area contributed by atoms with Gasteiger partial charge in [-0.3, -0.25) is 4.79 Å². The van der Waals surface area contributed by atoms with E-state index in [4.69, 9.17) is 5.26 Å². The van der Waals surface area contributed by atoms with E-state index in [1.807, 2.05) is 30.3 Å². The Bertz CT molecular complexity index is 367. The van der Waals surface area contributed by atoms with Crippen LogP contribution in [0, 0.1) is 11.3 Å². The van der Waals surface area contributed by atoms with E-state index >= 15 is 0 Å². The molecule has 3 nitrogen and oxygen atoms in total. The lowest BCUT2D eigenvalue weighted by molar-refractivity contribution is -0.117. The molecule has 0 saturated carbocycles.